The molecule has 0 spiro atoms. The number of nitrogens with zero attached hydrogens (tertiary/aromatic N) is 1. The third kappa shape index (κ3) is 9.02. The quantitative estimate of drug-likeness (QED) is 0.167. The number of nitrogens with one attached hydrogen (secondary N) is 4. The second kappa shape index (κ2) is 13.4. The molecule has 0 aliphatic rings. The van der Waals surface area contributed by atoms with Crippen molar-refractivity contribution in [2.24, 2.45) is 17.4 Å². The maximum absolute atomic E-state index is 13.0. The zero-order valence-electron chi connectivity index (χ0n) is 18.8. The third-order valence-electron chi connectivity index (χ3n) is 4.84. The van der Waals surface area contributed by atoms with Crippen LogP contribution in [0.2, 0.25) is 0 Å². The highest BCUT2D eigenvalue weighted by Gasteiger charge is 2.31. The Bertz CT molecular complexity index is 752. The molecule has 0 bridgehead atoms. The summed E-state index contributed by atoms with van der Waals surface area (Å²) in [6, 6.07) is -3.95. The molecule has 0 fully saturated rings. The lowest BCUT2D eigenvalue weighted by Gasteiger charge is -2.25. The molecule has 9 N–H and O–H groups in total. The number of aromatic amines is 1. The fourth-order valence-electron chi connectivity index (χ4n) is 2.93. The lowest BCUT2D eigenvalue weighted by molar-refractivity contribution is -0.143. The van der Waals surface area contributed by atoms with Gasteiger partial charge < -0.3 is 37.5 Å². The molecule has 180 valence electrons. The van der Waals surface area contributed by atoms with Gasteiger partial charge in [-0.25, -0.2) is 9.78 Å². The van der Waals surface area contributed by atoms with E-state index in [1.807, 2.05) is 0 Å². The van der Waals surface area contributed by atoms with Crippen LogP contribution in [0.25, 0.3) is 0 Å². The summed E-state index contributed by atoms with van der Waals surface area (Å²) in [4.78, 5) is 56.2. The van der Waals surface area contributed by atoms with Gasteiger partial charge in [-0.05, 0) is 38.6 Å². The Kier molecular flexibility index (Phi) is 11.3. The van der Waals surface area contributed by atoms with Gasteiger partial charge in [0.25, 0.3) is 0 Å². The smallest absolute Gasteiger partial charge is 0.326 e. The van der Waals surface area contributed by atoms with Crippen molar-refractivity contribution in [3.8, 4) is 0 Å². The predicted molar refractivity (Wildman–Crippen MR) is 117 cm³/mol. The molecule has 1 heterocycles. The van der Waals surface area contributed by atoms with Gasteiger partial charge in [0.05, 0.1) is 12.4 Å². The number of carboxylic acids is 1. The van der Waals surface area contributed by atoms with E-state index in [4.69, 9.17) is 11.5 Å². The second-order valence-corrected chi connectivity index (χ2v) is 8.04. The van der Waals surface area contributed by atoms with E-state index in [1.54, 1.807) is 13.8 Å². The van der Waals surface area contributed by atoms with E-state index in [0.717, 1.165) is 0 Å². The summed E-state index contributed by atoms with van der Waals surface area (Å²) in [7, 11) is 0. The monoisotopic (exact) mass is 453 g/mol. The number of hydrogen-bond donors (Lipinski definition) is 7. The van der Waals surface area contributed by atoms with E-state index in [0.29, 0.717) is 31.5 Å². The summed E-state index contributed by atoms with van der Waals surface area (Å²) < 4.78 is 0. The number of nitrogens with two attached hydrogens (primary N) is 2. The minimum absolute atomic E-state index is 0.0543. The van der Waals surface area contributed by atoms with Gasteiger partial charge in [0.15, 0.2) is 0 Å². The van der Waals surface area contributed by atoms with Crippen molar-refractivity contribution in [2.75, 3.05) is 6.54 Å². The summed E-state index contributed by atoms with van der Waals surface area (Å²) in [5.74, 6) is -3.28. The number of carbonyl (C=O) groups excluding carboxylic acids is 3. The largest absolute Gasteiger partial charge is 0.480 e. The molecule has 12 nitrogen and oxygen atoms in total. The number of aliphatic carboxylic acids is 1. The van der Waals surface area contributed by atoms with Crippen LogP contribution in [0.15, 0.2) is 12.5 Å². The first-order valence-corrected chi connectivity index (χ1v) is 10.6. The van der Waals surface area contributed by atoms with Crippen LogP contribution in [0, 0.1) is 5.92 Å². The van der Waals surface area contributed by atoms with Crippen LogP contribution in [0.4, 0.5) is 0 Å². The van der Waals surface area contributed by atoms with Crippen molar-refractivity contribution in [2.45, 2.75) is 70.6 Å². The van der Waals surface area contributed by atoms with Crippen LogP contribution in [0.1, 0.15) is 45.7 Å². The van der Waals surface area contributed by atoms with Crippen molar-refractivity contribution in [1.29, 1.82) is 0 Å². The van der Waals surface area contributed by atoms with Gasteiger partial charge in [0, 0.05) is 18.3 Å². The molecule has 1 rings (SSSR count). The van der Waals surface area contributed by atoms with Crippen LogP contribution in [0.3, 0.4) is 0 Å². The fraction of sp³-hybridized carbons (Fsp3) is 0.650. The van der Waals surface area contributed by atoms with Crippen LogP contribution in [-0.4, -0.2) is 69.5 Å². The van der Waals surface area contributed by atoms with Crippen LogP contribution in [0.5, 0.6) is 0 Å². The van der Waals surface area contributed by atoms with Gasteiger partial charge in [-0.1, -0.05) is 13.8 Å². The lowest BCUT2D eigenvalue weighted by atomic mass is 10.0. The van der Waals surface area contributed by atoms with Crippen molar-refractivity contribution >= 4 is 23.7 Å². The highest BCUT2D eigenvalue weighted by molar-refractivity contribution is 5.94. The normalized spacial score (nSPS) is 14.8. The fourth-order valence-corrected chi connectivity index (χ4v) is 2.93. The van der Waals surface area contributed by atoms with Crippen molar-refractivity contribution in [1.82, 2.24) is 25.9 Å². The number of H-pyrrole nitrogens is 1. The minimum Gasteiger partial charge on any atom is -0.480 e. The van der Waals surface area contributed by atoms with E-state index in [-0.39, 0.29) is 12.3 Å². The maximum Gasteiger partial charge on any atom is 0.326 e. The molecule has 0 radical (unpaired) electrons. The zero-order valence-corrected chi connectivity index (χ0v) is 18.8. The molecule has 12 heteroatoms. The molecule has 1 aromatic rings. The molecule has 0 aliphatic carbocycles. The van der Waals surface area contributed by atoms with Gasteiger partial charge in [-0.2, -0.15) is 0 Å². The summed E-state index contributed by atoms with van der Waals surface area (Å²) in [6.07, 6.45) is 4.53. The van der Waals surface area contributed by atoms with E-state index in [9.17, 15) is 24.3 Å². The van der Waals surface area contributed by atoms with Crippen LogP contribution in [-0.2, 0) is 25.6 Å². The number of rotatable bonds is 14. The number of carboxylic acid groups (broad SMARTS) is 1. The Morgan fingerprint density at radius 3 is 2.16 bits per heavy atom. The Labute approximate surface area is 187 Å². The van der Waals surface area contributed by atoms with Crippen molar-refractivity contribution in [3.05, 3.63) is 18.2 Å². The number of amides is 3. The Balaban J connectivity index is 3.02. The summed E-state index contributed by atoms with van der Waals surface area (Å²) in [5.41, 5.74) is 11.7. The van der Waals surface area contributed by atoms with Gasteiger partial charge in [-0.3, -0.25) is 14.4 Å². The van der Waals surface area contributed by atoms with Crippen LogP contribution < -0.4 is 27.4 Å². The SMILES string of the molecule is CC(N)C(=O)NC(CCCCN)C(=O)NC(Cc1cnc[nH]1)C(=O)NC(C(=O)O)C(C)C. The van der Waals surface area contributed by atoms with E-state index >= 15 is 0 Å². The molecule has 4 unspecified atom stereocenters. The molecule has 4 atom stereocenters. The van der Waals surface area contributed by atoms with E-state index in [1.165, 1.54) is 19.4 Å². The number of unbranched alkanes of at least 4 members (excludes halogenated alkanes) is 1. The Morgan fingerprint density at radius 2 is 1.66 bits per heavy atom. The molecule has 0 aliphatic heterocycles. The predicted octanol–water partition coefficient (Wildman–Crippen LogP) is -1.38. The summed E-state index contributed by atoms with van der Waals surface area (Å²) >= 11 is 0. The number of carbonyl (C=O) groups is 4. The third-order valence-corrected chi connectivity index (χ3v) is 4.84. The van der Waals surface area contributed by atoms with Gasteiger partial charge in [-0.15, -0.1) is 0 Å². The highest BCUT2D eigenvalue weighted by atomic mass is 16.4. The van der Waals surface area contributed by atoms with Crippen molar-refractivity contribution < 1.29 is 24.3 Å². The Hall–Kier alpha value is -2.99. The average Bonchev–Trinajstić information content (AvgIpc) is 3.23. The van der Waals surface area contributed by atoms with Crippen LogP contribution >= 0.6 is 0 Å². The van der Waals surface area contributed by atoms with Crippen molar-refractivity contribution in [3.63, 3.8) is 0 Å². The first-order chi connectivity index (χ1) is 15.1. The molecule has 0 aromatic carbocycles. The molecular weight excluding hydrogens is 418 g/mol. The number of imidazole rings is 1. The first-order valence-electron chi connectivity index (χ1n) is 10.6. The molecule has 1 aromatic heterocycles. The molecule has 32 heavy (non-hydrogen) atoms. The first kappa shape index (κ1) is 27.0. The van der Waals surface area contributed by atoms with Gasteiger partial charge >= 0.3 is 5.97 Å². The molecule has 3 amide bonds. The topological polar surface area (TPSA) is 205 Å². The average molecular weight is 454 g/mol. The summed E-state index contributed by atoms with van der Waals surface area (Å²) in [6.45, 7) is 5.26. The molecule has 0 saturated heterocycles. The molecule has 0 saturated carbocycles. The minimum atomic E-state index is -1.18. The molecular formula is C20H35N7O5. The Morgan fingerprint density at radius 1 is 1.03 bits per heavy atom. The van der Waals surface area contributed by atoms with Gasteiger partial charge in [0.2, 0.25) is 17.7 Å². The van der Waals surface area contributed by atoms with Gasteiger partial charge in [0.1, 0.15) is 18.1 Å². The van der Waals surface area contributed by atoms with E-state index in [2.05, 4.69) is 25.9 Å². The lowest BCUT2D eigenvalue weighted by Crippen LogP contribution is -2.58. The second-order valence-electron chi connectivity index (χ2n) is 8.04. The summed E-state index contributed by atoms with van der Waals surface area (Å²) in [5, 5.41) is 17.1. The van der Waals surface area contributed by atoms with E-state index < -0.39 is 47.9 Å². The standard InChI is InChI=1S/C20H35N7O5/c1-11(2)16(20(31)32)27-19(30)15(8-13-9-23-10-24-13)26-18(29)14(6-4-5-7-21)25-17(28)12(3)22/h9-12,14-16H,4-8,21-22H2,1-3H3,(H,23,24)(H,25,28)(H,26,29)(H,27,30)(H,31,32). The highest BCUT2D eigenvalue weighted by Crippen LogP contribution is 2.07. The number of hydrogen-bond acceptors (Lipinski definition) is 7. The maximum atomic E-state index is 13.0. The number of aromatic nitrogens is 2. The zero-order chi connectivity index (χ0) is 24.3.